The molecule has 0 N–H and O–H groups in total. The molecule has 4 aromatic rings. The van der Waals surface area contributed by atoms with Crippen molar-refractivity contribution < 1.29 is 43.0 Å². The number of carbonyl (C=O) groups excluding carboxylic acids is 1. The smallest absolute Gasteiger partial charge is 0.404 e. The van der Waals surface area contributed by atoms with Gasteiger partial charge in [-0.2, -0.15) is 0 Å². The summed E-state index contributed by atoms with van der Waals surface area (Å²) in [7, 11) is -4.94. The Bertz CT molecular complexity index is 1250. The summed E-state index contributed by atoms with van der Waals surface area (Å²) < 4.78 is 41.4. The minimum atomic E-state index is -4.94. The van der Waals surface area contributed by atoms with Crippen LogP contribution in [0, 0.1) is 17.2 Å². The number of aryl methyl sites for hydroxylation is 1. The van der Waals surface area contributed by atoms with Crippen LogP contribution in [0.25, 0.3) is 28.1 Å². The number of nitrogens with zero attached hydrogens (tertiary/aromatic N) is 1. The molecule has 0 amide bonds. The number of hydrogen-bond donors (Lipinski definition) is 0. The number of rotatable bonds is 5. The summed E-state index contributed by atoms with van der Waals surface area (Å²) >= 11 is 0. The molecule has 0 aliphatic carbocycles. The van der Waals surface area contributed by atoms with E-state index in [0.717, 1.165) is 28.1 Å². The van der Waals surface area contributed by atoms with Crippen LogP contribution < -0.4 is 23.2 Å². The number of hydrogen-bond acceptors (Lipinski definition) is 6. The lowest BCUT2D eigenvalue weighted by atomic mass is 10.0. The summed E-state index contributed by atoms with van der Waals surface area (Å²) in [5.74, 6) is -0.340. The first-order valence-corrected chi connectivity index (χ1v) is 12.0. The predicted molar refractivity (Wildman–Crippen MR) is 120 cm³/mol. The number of ether oxygens (including phenoxy) is 1. The number of esters is 1. The van der Waals surface area contributed by atoms with Gasteiger partial charge in [0.25, 0.3) is 5.69 Å². The molecule has 0 radical (unpaired) electrons. The highest BCUT2D eigenvalue weighted by molar-refractivity contribution is 5.88. The maximum atomic E-state index is 13.0. The third-order valence-electron chi connectivity index (χ3n) is 5.02. The van der Waals surface area contributed by atoms with Gasteiger partial charge >= 0.3 is 5.97 Å². The van der Waals surface area contributed by atoms with Crippen LogP contribution >= 0.6 is 0 Å². The van der Waals surface area contributed by atoms with Crippen LogP contribution in [0.2, 0.25) is 0 Å². The average molecular weight is 494 g/mol. The molecule has 0 saturated heterocycles. The van der Waals surface area contributed by atoms with Gasteiger partial charge in [-0.15, -0.1) is 14.8 Å². The van der Waals surface area contributed by atoms with E-state index in [1.54, 1.807) is 0 Å². The van der Waals surface area contributed by atoms with Gasteiger partial charge in [0, 0.05) is 29.8 Å². The zero-order valence-electron chi connectivity index (χ0n) is 19.2. The Balaban J connectivity index is 0.000000623. The van der Waals surface area contributed by atoms with Crippen molar-refractivity contribution in [2.24, 2.45) is 0 Å². The van der Waals surface area contributed by atoms with Crippen molar-refractivity contribution in [2.75, 3.05) is 6.61 Å². The van der Waals surface area contributed by atoms with Gasteiger partial charge in [-0.05, 0) is 37.1 Å². The highest BCUT2D eigenvalue weighted by atomic mass is 35.7. The van der Waals surface area contributed by atoms with Crippen LogP contribution in [0.15, 0.2) is 97.1 Å². The van der Waals surface area contributed by atoms with E-state index in [1.165, 1.54) is 5.56 Å². The van der Waals surface area contributed by atoms with E-state index in [0.29, 0.717) is 12.3 Å². The Hall–Kier alpha value is -3.59. The van der Waals surface area contributed by atoms with Crippen LogP contribution in [-0.2, 0) is 4.74 Å². The predicted octanol–water partition coefficient (Wildman–Crippen LogP) is 1.03. The van der Waals surface area contributed by atoms with E-state index >= 15 is 0 Å². The fourth-order valence-electron chi connectivity index (χ4n) is 3.54. The molecule has 180 valence electrons. The highest BCUT2D eigenvalue weighted by Gasteiger charge is 2.29. The van der Waals surface area contributed by atoms with E-state index in [4.69, 9.17) is 23.4 Å². The maximum Gasteiger partial charge on any atom is 0.404 e. The van der Waals surface area contributed by atoms with Gasteiger partial charge in [-0.3, -0.25) is 0 Å². The summed E-state index contributed by atoms with van der Waals surface area (Å²) in [6.07, 6.45) is 0. The van der Waals surface area contributed by atoms with Gasteiger partial charge in [0.2, 0.25) is 11.4 Å². The second kappa shape index (κ2) is 11.7. The molecule has 0 aliphatic heterocycles. The summed E-state index contributed by atoms with van der Waals surface area (Å²) in [5.41, 5.74) is 6.57. The van der Waals surface area contributed by atoms with Crippen molar-refractivity contribution in [1.29, 1.82) is 0 Å². The van der Waals surface area contributed by atoms with Gasteiger partial charge in [0.05, 0.1) is 6.61 Å². The number of aromatic nitrogens is 1. The molecule has 0 unspecified atom stereocenters. The van der Waals surface area contributed by atoms with E-state index in [1.807, 2.05) is 66.1 Å². The molecule has 0 spiro atoms. The normalized spacial score (nSPS) is 10.8. The van der Waals surface area contributed by atoms with Crippen molar-refractivity contribution >= 4 is 5.97 Å². The molecule has 7 nitrogen and oxygen atoms in total. The molecule has 1 aromatic heterocycles. The number of benzene rings is 3. The third-order valence-corrected chi connectivity index (χ3v) is 5.02. The molecule has 3 aromatic carbocycles. The molecular weight excluding hydrogens is 470 g/mol. The molecule has 0 bridgehead atoms. The standard InChI is InChI=1S/C27H24NO2.ClHO4/c1-3-30-27(29)26-19-23(21-10-6-4-7-11-21)18-25(22-12-8-5-9-13-22)28(26)24-16-14-20(2)15-17-24;2-1(3,4)5/h4-19H,3H2,1-2H3;(H,2,3,4,5)/q+1;/p-1. The first-order chi connectivity index (χ1) is 16.7. The first-order valence-electron chi connectivity index (χ1n) is 10.7. The third kappa shape index (κ3) is 7.45. The van der Waals surface area contributed by atoms with Gasteiger partial charge in [0.15, 0.2) is 0 Å². The van der Waals surface area contributed by atoms with Gasteiger partial charge in [0.1, 0.15) is 0 Å². The van der Waals surface area contributed by atoms with E-state index < -0.39 is 10.2 Å². The van der Waals surface area contributed by atoms with Crippen LogP contribution in [-0.4, -0.2) is 12.6 Å². The van der Waals surface area contributed by atoms with E-state index in [9.17, 15) is 4.79 Å². The van der Waals surface area contributed by atoms with Crippen LogP contribution in [0.4, 0.5) is 0 Å². The quantitative estimate of drug-likeness (QED) is 0.302. The largest absolute Gasteiger partial charge is 0.458 e. The molecule has 0 atom stereocenters. The fraction of sp³-hybridized carbons (Fsp3) is 0.111. The Labute approximate surface area is 205 Å². The maximum absolute atomic E-state index is 13.0. The van der Waals surface area contributed by atoms with E-state index in [-0.39, 0.29) is 5.97 Å². The van der Waals surface area contributed by atoms with Crippen LogP contribution in [0.3, 0.4) is 0 Å². The molecule has 0 fully saturated rings. The highest BCUT2D eigenvalue weighted by Crippen LogP contribution is 2.27. The first kappa shape index (κ1) is 26.0. The zero-order valence-corrected chi connectivity index (χ0v) is 20.0. The van der Waals surface area contributed by atoms with Crippen molar-refractivity contribution in [3.63, 3.8) is 0 Å². The van der Waals surface area contributed by atoms with Crippen molar-refractivity contribution in [3.05, 3.63) is 108 Å². The van der Waals surface area contributed by atoms with Crippen molar-refractivity contribution in [3.8, 4) is 28.1 Å². The second-order valence-electron chi connectivity index (χ2n) is 7.52. The lowest BCUT2D eigenvalue weighted by Crippen LogP contribution is -2.68. The molecule has 0 saturated carbocycles. The summed E-state index contributed by atoms with van der Waals surface area (Å²) in [5, 5.41) is 0. The van der Waals surface area contributed by atoms with Gasteiger partial charge in [-0.25, -0.2) is 23.4 Å². The zero-order chi connectivity index (χ0) is 25.4. The molecule has 8 heteroatoms. The molecule has 35 heavy (non-hydrogen) atoms. The molecule has 0 aliphatic rings. The van der Waals surface area contributed by atoms with E-state index in [2.05, 4.69) is 49.4 Å². The van der Waals surface area contributed by atoms with Crippen LogP contribution in [0.1, 0.15) is 23.0 Å². The number of halogens is 1. The molecular formula is C27H24ClNO6. The Morgan fingerprint density at radius 2 is 1.29 bits per heavy atom. The minimum Gasteiger partial charge on any atom is -0.458 e. The van der Waals surface area contributed by atoms with Crippen LogP contribution in [0.5, 0.6) is 0 Å². The lowest BCUT2D eigenvalue weighted by Gasteiger charge is -2.17. The van der Waals surface area contributed by atoms with Gasteiger partial charge < -0.3 is 4.74 Å². The number of carbonyl (C=O) groups is 1. The summed E-state index contributed by atoms with van der Waals surface area (Å²) in [6.45, 7) is 4.20. The Morgan fingerprint density at radius 1 is 0.771 bits per heavy atom. The SMILES string of the molecule is CCOC(=O)c1cc(-c2ccccc2)cc(-c2ccccc2)[n+]1-c1ccc(C)cc1.[O-][Cl+3]([O-])([O-])[O-]. The monoisotopic (exact) mass is 493 g/mol. The molecule has 1 heterocycles. The summed E-state index contributed by atoms with van der Waals surface area (Å²) in [6, 6.07) is 32.4. The van der Waals surface area contributed by atoms with Crippen molar-refractivity contribution in [1.82, 2.24) is 0 Å². The van der Waals surface area contributed by atoms with Crippen molar-refractivity contribution in [2.45, 2.75) is 13.8 Å². The Morgan fingerprint density at radius 3 is 1.80 bits per heavy atom. The summed E-state index contributed by atoms with van der Waals surface area (Å²) in [4.78, 5) is 13.0. The molecule has 4 rings (SSSR count). The second-order valence-corrected chi connectivity index (χ2v) is 8.27. The lowest BCUT2D eigenvalue weighted by molar-refractivity contribution is -2.00. The minimum absolute atomic E-state index is 0.322. The number of pyridine rings is 1. The Kier molecular flexibility index (Phi) is 8.70. The van der Waals surface area contributed by atoms with Gasteiger partial charge in [-0.1, -0.05) is 66.2 Å². The average Bonchev–Trinajstić information content (AvgIpc) is 2.84. The topological polar surface area (TPSA) is 122 Å². The fourth-order valence-corrected chi connectivity index (χ4v) is 3.54.